The summed E-state index contributed by atoms with van der Waals surface area (Å²) < 4.78 is 35.2. The van der Waals surface area contributed by atoms with Crippen molar-refractivity contribution in [3.05, 3.63) is 114 Å². The summed E-state index contributed by atoms with van der Waals surface area (Å²) in [5, 5.41) is 5.60. The van der Waals surface area contributed by atoms with E-state index in [9.17, 15) is 13.2 Å². The van der Waals surface area contributed by atoms with Gasteiger partial charge < -0.3 is 9.73 Å². The van der Waals surface area contributed by atoms with E-state index in [4.69, 9.17) is 4.42 Å². The molecule has 0 aliphatic carbocycles. The van der Waals surface area contributed by atoms with Crippen molar-refractivity contribution in [2.45, 2.75) is 30.8 Å². The molecule has 6 nitrogen and oxygen atoms in total. The summed E-state index contributed by atoms with van der Waals surface area (Å²) >= 11 is 0. The lowest BCUT2D eigenvalue weighted by Gasteiger charge is -2.19. The van der Waals surface area contributed by atoms with Crippen LogP contribution in [-0.2, 0) is 27.8 Å². The molecule has 0 bridgehead atoms. The number of sulfonamides is 1. The van der Waals surface area contributed by atoms with Crippen LogP contribution in [0.5, 0.6) is 0 Å². The Bertz CT molecular complexity index is 1640. The van der Waals surface area contributed by atoms with Gasteiger partial charge in [-0.15, -0.1) is 0 Å². The molecule has 5 rings (SSSR count). The molecule has 2 N–H and O–H groups in total. The van der Waals surface area contributed by atoms with Crippen molar-refractivity contribution in [2.24, 2.45) is 0 Å². The highest BCUT2D eigenvalue weighted by molar-refractivity contribution is 7.89. The molecule has 182 valence electrons. The van der Waals surface area contributed by atoms with Crippen LogP contribution in [0, 0.1) is 6.92 Å². The van der Waals surface area contributed by atoms with Crippen LogP contribution in [0.3, 0.4) is 0 Å². The van der Waals surface area contributed by atoms with Crippen molar-refractivity contribution in [1.82, 2.24) is 10.0 Å². The van der Waals surface area contributed by atoms with Crippen LogP contribution in [0.1, 0.15) is 16.9 Å². The molecule has 1 unspecified atom stereocenters. The maximum atomic E-state index is 13.3. The molecule has 0 saturated carbocycles. The fourth-order valence-corrected chi connectivity index (χ4v) is 5.54. The first-order valence-corrected chi connectivity index (χ1v) is 13.2. The standard InChI is InChI=1S/C29H26N2O4S/c1-20-25-13-7-8-14-27(25)35-28(20)19-30-29(32)26(17-21-9-3-2-4-10-21)31-36(33,34)24-16-15-22-11-5-6-12-23(22)18-24/h2-16,18,26,31H,17,19H2,1H3,(H,30,32). The Balaban J connectivity index is 1.39. The highest BCUT2D eigenvalue weighted by atomic mass is 32.2. The van der Waals surface area contributed by atoms with E-state index < -0.39 is 22.0 Å². The fraction of sp³-hybridized carbons (Fsp3) is 0.138. The predicted octanol–water partition coefficient (Wildman–Crippen LogP) is 5.10. The number of rotatable bonds is 8. The van der Waals surface area contributed by atoms with Crippen LogP contribution in [0.4, 0.5) is 0 Å². The zero-order valence-corrected chi connectivity index (χ0v) is 20.6. The molecule has 0 aliphatic rings. The van der Waals surface area contributed by atoms with E-state index >= 15 is 0 Å². The van der Waals surface area contributed by atoms with Gasteiger partial charge in [-0.1, -0.05) is 78.9 Å². The highest BCUT2D eigenvalue weighted by Crippen LogP contribution is 2.25. The minimum Gasteiger partial charge on any atom is -0.459 e. The molecule has 5 aromatic rings. The molecule has 4 aromatic carbocycles. The van der Waals surface area contributed by atoms with Crippen LogP contribution in [0.25, 0.3) is 21.7 Å². The van der Waals surface area contributed by atoms with E-state index in [-0.39, 0.29) is 17.9 Å². The van der Waals surface area contributed by atoms with Crippen LogP contribution < -0.4 is 10.0 Å². The fourth-order valence-electron chi connectivity index (χ4n) is 4.31. The molecule has 36 heavy (non-hydrogen) atoms. The van der Waals surface area contributed by atoms with E-state index in [0.717, 1.165) is 32.9 Å². The Morgan fingerprint density at radius 2 is 1.56 bits per heavy atom. The van der Waals surface area contributed by atoms with Crippen molar-refractivity contribution >= 4 is 37.7 Å². The van der Waals surface area contributed by atoms with Crippen LogP contribution >= 0.6 is 0 Å². The molecule has 1 atom stereocenters. The van der Waals surface area contributed by atoms with Crippen molar-refractivity contribution in [3.8, 4) is 0 Å². The molecule has 0 radical (unpaired) electrons. The molecular weight excluding hydrogens is 472 g/mol. The van der Waals surface area contributed by atoms with Crippen molar-refractivity contribution in [2.75, 3.05) is 0 Å². The third-order valence-electron chi connectivity index (χ3n) is 6.29. The van der Waals surface area contributed by atoms with Gasteiger partial charge in [-0.25, -0.2) is 8.42 Å². The summed E-state index contributed by atoms with van der Waals surface area (Å²) in [6.07, 6.45) is 0.207. The van der Waals surface area contributed by atoms with E-state index in [0.29, 0.717) is 5.76 Å². The van der Waals surface area contributed by atoms with Crippen molar-refractivity contribution in [3.63, 3.8) is 0 Å². The molecule has 0 saturated heterocycles. The number of furan rings is 1. The van der Waals surface area contributed by atoms with Gasteiger partial charge in [-0.3, -0.25) is 4.79 Å². The second kappa shape index (κ2) is 9.97. The Labute approximate surface area is 210 Å². The van der Waals surface area contributed by atoms with Gasteiger partial charge in [-0.2, -0.15) is 4.72 Å². The average Bonchev–Trinajstić information content (AvgIpc) is 3.22. The molecular formula is C29H26N2O4S. The van der Waals surface area contributed by atoms with Gasteiger partial charge >= 0.3 is 0 Å². The SMILES string of the molecule is Cc1c(CNC(=O)C(Cc2ccccc2)NS(=O)(=O)c2ccc3ccccc3c2)oc2ccccc12. The Morgan fingerprint density at radius 3 is 2.33 bits per heavy atom. The molecule has 0 fully saturated rings. The van der Waals surface area contributed by atoms with Gasteiger partial charge in [0.2, 0.25) is 15.9 Å². The number of fused-ring (bicyclic) bond motifs is 2. The summed E-state index contributed by atoms with van der Waals surface area (Å²) in [6.45, 7) is 2.10. The Kier molecular flexibility index (Phi) is 6.59. The van der Waals surface area contributed by atoms with Crippen LogP contribution in [0.2, 0.25) is 0 Å². The van der Waals surface area contributed by atoms with Gasteiger partial charge in [0.05, 0.1) is 11.4 Å². The summed E-state index contributed by atoms with van der Waals surface area (Å²) in [5.41, 5.74) is 2.54. The monoisotopic (exact) mass is 498 g/mol. The second-order valence-electron chi connectivity index (χ2n) is 8.74. The maximum absolute atomic E-state index is 13.3. The smallest absolute Gasteiger partial charge is 0.241 e. The average molecular weight is 499 g/mol. The first-order valence-electron chi connectivity index (χ1n) is 11.7. The van der Waals surface area contributed by atoms with Gasteiger partial charge in [-0.05, 0) is 47.9 Å². The predicted molar refractivity (Wildman–Crippen MR) is 141 cm³/mol. The molecule has 0 spiro atoms. The first kappa shape index (κ1) is 23.8. The lowest BCUT2D eigenvalue weighted by molar-refractivity contribution is -0.122. The van der Waals surface area contributed by atoms with E-state index in [2.05, 4.69) is 10.0 Å². The summed E-state index contributed by atoms with van der Waals surface area (Å²) in [7, 11) is -3.96. The number of amides is 1. The number of carbonyl (C=O) groups is 1. The third kappa shape index (κ3) is 5.03. The van der Waals surface area contributed by atoms with Crippen LogP contribution in [-0.4, -0.2) is 20.4 Å². The number of carbonyl (C=O) groups excluding carboxylic acids is 1. The molecule has 1 aromatic heterocycles. The summed E-state index contributed by atoms with van der Waals surface area (Å²) in [6, 6.07) is 28.5. The lowest BCUT2D eigenvalue weighted by Crippen LogP contribution is -2.47. The number of hydrogen-bond acceptors (Lipinski definition) is 4. The van der Waals surface area contributed by atoms with Gasteiger partial charge in [0.25, 0.3) is 0 Å². The van der Waals surface area contributed by atoms with Crippen LogP contribution in [0.15, 0.2) is 106 Å². The number of hydrogen-bond donors (Lipinski definition) is 2. The quantitative estimate of drug-likeness (QED) is 0.312. The summed E-state index contributed by atoms with van der Waals surface area (Å²) in [5.74, 6) is 0.212. The zero-order chi connectivity index (χ0) is 25.1. The Hall–Kier alpha value is -3.94. The van der Waals surface area contributed by atoms with Gasteiger partial charge in [0.1, 0.15) is 17.4 Å². The van der Waals surface area contributed by atoms with Crippen molar-refractivity contribution in [1.29, 1.82) is 0 Å². The third-order valence-corrected chi connectivity index (χ3v) is 7.76. The van der Waals surface area contributed by atoms with E-state index in [1.165, 1.54) is 0 Å². The number of benzene rings is 4. The highest BCUT2D eigenvalue weighted by Gasteiger charge is 2.26. The zero-order valence-electron chi connectivity index (χ0n) is 19.8. The largest absolute Gasteiger partial charge is 0.459 e. The maximum Gasteiger partial charge on any atom is 0.241 e. The second-order valence-corrected chi connectivity index (χ2v) is 10.5. The van der Waals surface area contributed by atoms with Gasteiger partial charge in [0.15, 0.2) is 0 Å². The molecule has 1 amide bonds. The van der Waals surface area contributed by atoms with Crippen molar-refractivity contribution < 1.29 is 17.6 Å². The minimum atomic E-state index is -3.96. The minimum absolute atomic E-state index is 0.111. The first-order chi connectivity index (χ1) is 17.4. The van der Waals surface area contributed by atoms with E-state index in [1.54, 1.807) is 18.2 Å². The number of aryl methyl sites for hydroxylation is 1. The molecule has 1 heterocycles. The normalized spacial score (nSPS) is 12.6. The topological polar surface area (TPSA) is 88.4 Å². The van der Waals surface area contributed by atoms with Gasteiger partial charge in [0, 0.05) is 10.9 Å². The molecule has 7 heteroatoms. The number of nitrogens with one attached hydrogen (secondary N) is 2. The number of para-hydroxylation sites is 1. The van der Waals surface area contributed by atoms with E-state index in [1.807, 2.05) is 85.8 Å². The summed E-state index contributed by atoms with van der Waals surface area (Å²) in [4.78, 5) is 13.4. The lowest BCUT2D eigenvalue weighted by atomic mass is 10.1. The Morgan fingerprint density at radius 1 is 0.861 bits per heavy atom. The molecule has 0 aliphatic heterocycles.